The van der Waals surface area contributed by atoms with Gasteiger partial charge in [-0.1, -0.05) is 12.1 Å². The fourth-order valence-corrected chi connectivity index (χ4v) is 3.73. The predicted molar refractivity (Wildman–Crippen MR) is 93.7 cm³/mol. The quantitative estimate of drug-likeness (QED) is 0.797. The van der Waals surface area contributed by atoms with Gasteiger partial charge in [-0.2, -0.15) is 0 Å². The Morgan fingerprint density at radius 2 is 2.26 bits per heavy atom. The van der Waals surface area contributed by atoms with Gasteiger partial charge in [-0.3, -0.25) is 0 Å². The van der Waals surface area contributed by atoms with Crippen LogP contribution in [0.3, 0.4) is 0 Å². The van der Waals surface area contributed by atoms with Gasteiger partial charge in [-0.25, -0.2) is 9.78 Å². The fraction of sp³-hybridized carbons (Fsp3) is 0.412. The molecule has 0 aliphatic carbocycles. The summed E-state index contributed by atoms with van der Waals surface area (Å²) in [5, 5.41) is 8.36. The molecule has 1 fully saturated rings. The number of nitrogens with zero attached hydrogens (tertiary/aromatic N) is 2. The maximum absolute atomic E-state index is 12.4. The highest BCUT2D eigenvalue weighted by molar-refractivity contribution is 7.10. The number of hydrogen-bond acceptors (Lipinski definition) is 4. The van der Waals surface area contributed by atoms with E-state index in [0.717, 1.165) is 38.2 Å². The van der Waals surface area contributed by atoms with Gasteiger partial charge in [-0.15, -0.1) is 11.3 Å². The van der Waals surface area contributed by atoms with Gasteiger partial charge in [-0.05, 0) is 42.8 Å². The molecule has 3 rings (SSSR count). The molecule has 2 amide bonds. The van der Waals surface area contributed by atoms with Crippen LogP contribution in [0.5, 0.6) is 0 Å². The van der Waals surface area contributed by atoms with Crippen molar-refractivity contribution in [3.63, 3.8) is 0 Å². The molecule has 0 spiro atoms. The lowest BCUT2D eigenvalue weighted by molar-refractivity contribution is 0.194. The van der Waals surface area contributed by atoms with Gasteiger partial charge in [0.2, 0.25) is 0 Å². The minimum Gasteiger partial charge on any atom is -0.370 e. The van der Waals surface area contributed by atoms with Gasteiger partial charge in [0.1, 0.15) is 5.82 Å². The Hall–Kier alpha value is -2.08. The SMILES string of the molecule is O=C(NCCCNc1ccccn1)N1CCC[C@H]1c1cccs1. The Balaban J connectivity index is 1.39. The predicted octanol–water partition coefficient (Wildman–Crippen LogP) is 3.49. The Morgan fingerprint density at radius 3 is 3.04 bits per heavy atom. The second-order valence-corrected chi connectivity index (χ2v) is 6.57. The average Bonchev–Trinajstić information content (AvgIpc) is 3.26. The van der Waals surface area contributed by atoms with Crippen LogP contribution in [0.25, 0.3) is 0 Å². The summed E-state index contributed by atoms with van der Waals surface area (Å²) in [5.74, 6) is 0.871. The Bertz CT molecular complexity index is 602. The number of amides is 2. The zero-order chi connectivity index (χ0) is 15.9. The van der Waals surface area contributed by atoms with Gasteiger partial charge in [0.25, 0.3) is 0 Å². The maximum atomic E-state index is 12.4. The van der Waals surface area contributed by atoms with Crippen LogP contribution in [0.2, 0.25) is 0 Å². The van der Waals surface area contributed by atoms with Crippen LogP contribution in [0, 0.1) is 0 Å². The molecule has 3 heterocycles. The van der Waals surface area contributed by atoms with Gasteiger partial charge < -0.3 is 15.5 Å². The van der Waals surface area contributed by atoms with Crippen molar-refractivity contribution in [2.45, 2.75) is 25.3 Å². The van der Waals surface area contributed by atoms with Crippen molar-refractivity contribution in [1.82, 2.24) is 15.2 Å². The Kier molecular flexibility index (Phi) is 5.47. The van der Waals surface area contributed by atoms with Crippen LogP contribution in [-0.4, -0.2) is 35.5 Å². The summed E-state index contributed by atoms with van der Waals surface area (Å²) in [4.78, 5) is 19.8. The molecule has 2 aromatic rings. The van der Waals surface area contributed by atoms with E-state index in [2.05, 4.69) is 33.1 Å². The fourth-order valence-electron chi connectivity index (χ4n) is 2.86. The minimum atomic E-state index is 0.0544. The topological polar surface area (TPSA) is 57.3 Å². The molecule has 0 saturated carbocycles. The molecule has 0 aromatic carbocycles. The first-order chi connectivity index (χ1) is 11.3. The normalized spacial score (nSPS) is 17.2. The van der Waals surface area contributed by atoms with E-state index in [4.69, 9.17) is 0 Å². The molecule has 2 N–H and O–H groups in total. The van der Waals surface area contributed by atoms with Crippen molar-refractivity contribution in [3.05, 3.63) is 46.8 Å². The summed E-state index contributed by atoms with van der Waals surface area (Å²) in [6.45, 7) is 2.32. The van der Waals surface area contributed by atoms with Crippen molar-refractivity contribution >= 4 is 23.2 Å². The summed E-state index contributed by atoms with van der Waals surface area (Å²) in [6.07, 6.45) is 4.79. The molecule has 1 atom stereocenters. The van der Waals surface area contributed by atoms with E-state index >= 15 is 0 Å². The van der Waals surface area contributed by atoms with E-state index < -0.39 is 0 Å². The average molecular weight is 330 g/mol. The number of likely N-dealkylation sites (tertiary alicyclic amines) is 1. The number of carbonyl (C=O) groups is 1. The number of anilines is 1. The molecule has 1 saturated heterocycles. The van der Waals surface area contributed by atoms with E-state index in [-0.39, 0.29) is 12.1 Å². The van der Waals surface area contributed by atoms with Crippen molar-refractivity contribution in [2.75, 3.05) is 25.0 Å². The highest BCUT2D eigenvalue weighted by Crippen LogP contribution is 2.34. The van der Waals surface area contributed by atoms with Crippen molar-refractivity contribution < 1.29 is 4.79 Å². The third kappa shape index (κ3) is 4.22. The van der Waals surface area contributed by atoms with E-state index in [0.29, 0.717) is 6.54 Å². The lowest BCUT2D eigenvalue weighted by Crippen LogP contribution is -2.40. The van der Waals surface area contributed by atoms with E-state index in [1.807, 2.05) is 23.1 Å². The van der Waals surface area contributed by atoms with Gasteiger partial charge in [0.15, 0.2) is 0 Å². The molecule has 0 unspecified atom stereocenters. The first-order valence-electron chi connectivity index (χ1n) is 8.07. The summed E-state index contributed by atoms with van der Waals surface area (Å²) >= 11 is 1.73. The van der Waals surface area contributed by atoms with Crippen molar-refractivity contribution in [2.24, 2.45) is 0 Å². The number of urea groups is 1. The number of rotatable bonds is 6. The summed E-state index contributed by atoms with van der Waals surface area (Å²) in [6, 6.07) is 10.3. The number of hydrogen-bond donors (Lipinski definition) is 2. The molecule has 2 aromatic heterocycles. The van der Waals surface area contributed by atoms with Crippen LogP contribution in [-0.2, 0) is 0 Å². The van der Waals surface area contributed by atoms with Crippen LogP contribution >= 0.6 is 11.3 Å². The molecule has 1 aliphatic rings. The summed E-state index contributed by atoms with van der Waals surface area (Å²) in [5.41, 5.74) is 0. The molecule has 0 radical (unpaired) electrons. The minimum absolute atomic E-state index is 0.0544. The zero-order valence-electron chi connectivity index (χ0n) is 13.1. The monoisotopic (exact) mass is 330 g/mol. The second kappa shape index (κ2) is 7.97. The molecule has 122 valence electrons. The first kappa shape index (κ1) is 15.8. The maximum Gasteiger partial charge on any atom is 0.317 e. The summed E-state index contributed by atoms with van der Waals surface area (Å²) < 4.78 is 0. The number of pyridine rings is 1. The lowest BCUT2D eigenvalue weighted by Gasteiger charge is -2.24. The Morgan fingerprint density at radius 1 is 1.30 bits per heavy atom. The molecule has 1 aliphatic heterocycles. The highest BCUT2D eigenvalue weighted by Gasteiger charge is 2.30. The summed E-state index contributed by atoms with van der Waals surface area (Å²) in [7, 11) is 0. The largest absolute Gasteiger partial charge is 0.370 e. The van der Waals surface area contributed by atoms with Crippen LogP contribution in [0.1, 0.15) is 30.2 Å². The number of nitrogens with one attached hydrogen (secondary N) is 2. The molecular formula is C17H22N4OS. The third-order valence-corrected chi connectivity index (χ3v) is 4.96. The van der Waals surface area contributed by atoms with Gasteiger partial charge >= 0.3 is 6.03 Å². The zero-order valence-corrected chi connectivity index (χ0v) is 13.9. The van der Waals surface area contributed by atoms with Crippen molar-refractivity contribution in [3.8, 4) is 0 Å². The molecule has 6 heteroatoms. The van der Waals surface area contributed by atoms with Crippen molar-refractivity contribution in [1.29, 1.82) is 0 Å². The number of thiophene rings is 1. The highest BCUT2D eigenvalue weighted by atomic mass is 32.1. The van der Waals surface area contributed by atoms with E-state index in [1.165, 1.54) is 4.88 Å². The Labute approximate surface area is 140 Å². The van der Waals surface area contributed by atoms with Crippen LogP contribution < -0.4 is 10.6 Å². The van der Waals surface area contributed by atoms with E-state index in [1.54, 1.807) is 17.5 Å². The number of carbonyl (C=O) groups excluding carboxylic acids is 1. The molecular weight excluding hydrogens is 308 g/mol. The van der Waals surface area contributed by atoms with E-state index in [9.17, 15) is 4.79 Å². The second-order valence-electron chi connectivity index (χ2n) is 5.59. The number of aromatic nitrogens is 1. The molecule has 5 nitrogen and oxygen atoms in total. The van der Waals surface area contributed by atoms with Gasteiger partial charge in [0.05, 0.1) is 6.04 Å². The van der Waals surface area contributed by atoms with Crippen LogP contribution in [0.15, 0.2) is 41.9 Å². The molecule has 0 bridgehead atoms. The smallest absolute Gasteiger partial charge is 0.317 e. The third-order valence-electron chi connectivity index (χ3n) is 3.99. The van der Waals surface area contributed by atoms with Crippen LogP contribution in [0.4, 0.5) is 10.6 Å². The standard InChI is InChI=1S/C17H22N4OS/c22-17(20-11-5-10-19-16-8-1-2-9-18-16)21-12-3-6-14(21)15-7-4-13-23-15/h1-2,4,7-9,13-14H,3,5-6,10-12H2,(H,18,19)(H,20,22)/t14-/m0/s1. The lowest BCUT2D eigenvalue weighted by atomic mass is 10.2. The first-order valence-corrected chi connectivity index (χ1v) is 8.95. The molecule has 23 heavy (non-hydrogen) atoms. The van der Waals surface area contributed by atoms with Gasteiger partial charge in [0, 0.05) is 30.7 Å².